The van der Waals surface area contributed by atoms with Crippen LogP contribution >= 0.6 is 0 Å². The molecule has 0 N–H and O–H groups in total. The van der Waals surface area contributed by atoms with Crippen LogP contribution in [0.3, 0.4) is 0 Å². The van der Waals surface area contributed by atoms with Crippen molar-refractivity contribution in [3.8, 4) is 5.69 Å². The number of rotatable bonds is 3. The molecule has 0 aliphatic rings. The first-order valence-corrected chi connectivity index (χ1v) is 8.70. The fourth-order valence-electron chi connectivity index (χ4n) is 2.28. The Morgan fingerprint density at radius 1 is 1.16 bits per heavy atom. The van der Waals surface area contributed by atoms with Gasteiger partial charge in [0.15, 0.2) is 0 Å². The number of nitrogens with zero attached hydrogens (tertiary/aromatic N) is 3. The Balaban J connectivity index is 2.35. The van der Waals surface area contributed by atoms with Gasteiger partial charge >= 0.3 is 6.18 Å². The second kappa shape index (κ2) is 6.84. The number of aromatic nitrogens is 2. The summed E-state index contributed by atoms with van der Waals surface area (Å²) >= 11 is -1.37. The monoisotopic (exact) mass is 371 g/mol. The first kappa shape index (κ1) is 19.5. The van der Waals surface area contributed by atoms with E-state index in [1.165, 1.54) is 10.9 Å². The van der Waals surface area contributed by atoms with Gasteiger partial charge < -0.3 is 4.55 Å². The van der Waals surface area contributed by atoms with Gasteiger partial charge in [-0.05, 0) is 63.4 Å². The molecule has 1 aromatic heterocycles. The smallest absolute Gasteiger partial charge is 0.419 e. The topological polar surface area (TPSA) is 53.2 Å². The Morgan fingerprint density at radius 2 is 1.72 bits per heavy atom. The number of alkyl halides is 3. The van der Waals surface area contributed by atoms with Gasteiger partial charge in [-0.3, -0.25) is 0 Å². The van der Waals surface area contributed by atoms with Crippen molar-refractivity contribution in [3.63, 3.8) is 0 Å². The van der Waals surface area contributed by atoms with Gasteiger partial charge in [0.2, 0.25) is 0 Å². The molecule has 1 unspecified atom stereocenters. The van der Waals surface area contributed by atoms with Gasteiger partial charge in [0, 0.05) is 6.20 Å². The molecular formula is C17H20F3N3OS. The van der Waals surface area contributed by atoms with E-state index in [0.717, 1.165) is 29.1 Å². The maximum atomic E-state index is 12.8. The summed E-state index contributed by atoms with van der Waals surface area (Å²) in [5, 5.41) is 3.83. The van der Waals surface area contributed by atoms with Gasteiger partial charge in [0.05, 0.1) is 23.7 Å². The lowest BCUT2D eigenvalue weighted by molar-refractivity contribution is -0.137. The average Bonchev–Trinajstić information content (AvgIpc) is 2.92. The zero-order chi connectivity index (χ0) is 19.0. The minimum Gasteiger partial charge on any atom is -0.591 e. The SMILES string of the molecule is Cc1cc(/C=N/[S+]([O-])C(C)(C)C)cc(C)c1-n1cc(C(F)(F)F)cn1. The number of halogens is 3. The highest BCUT2D eigenvalue weighted by atomic mass is 32.2. The quantitative estimate of drug-likeness (QED) is 0.594. The van der Waals surface area contributed by atoms with E-state index in [1.807, 2.05) is 20.8 Å². The summed E-state index contributed by atoms with van der Waals surface area (Å²) in [6.45, 7) is 9.06. The molecule has 1 heterocycles. The summed E-state index contributed by atoms with van der Waals surface area (Å²) in [5.41, 5.74) is 2.03. The molecule has 0 saturated heterocycles. The second-order valence-corrected chi connectivity index (χ2v) is 8.70. The van der Waals surface area contributed by atoms with Crippen LogP contribution in [0.4, 0.5) is 13.2 Å². The lowest BCUT2D eigenvalue weighted by Gasteiger charge is -2.17. The summed E-state index contributed by atoms with van der Waals surface area (Å²) in [7, 11) is 0. The lowest BCUT2D eigenvalue weighted by Crippen LogP contribution is -2.25. The minimum atomic E-state index is -4.43. The highest BCUT2D eigenvalue weighted by Crippen LogP contribution is 2.30. The minimum absolute atomic E-state index is 0.455. The van der Waals surface area contributed by atoms with E-state index in [1.54, 1.807) is 26.0 Å². The van der Waals surface area contributed by atoms with E-state index in [0.29, 0.717) is 5.69 Å². The van der Waals surface area contributed by atoms with E-state index >= 15 is 0 Å². The molecule has 0 radical (unpaired) electrons. The summed E-state index contributed by atoms with van der Waals surface area (Å²) in [6.07, 6.45) is -1.13. The highest BCUT2D eigenvalue weighted by molar-refractivity contribution is 7.91. The predicted octanol–water partition coefficient (Wildman–Crippen LogP) is 4.39. The maximum Gasteiger partial charge on any atom is 0.419 e. The first-order chi connectivity index (χ1) is 11.4. The van der Waals surface area contributed by atoms with Crippen molar-refractivity contribution in [2.24, 2.45) is 4.40 Å². The van der Waals surface area contributed by atoms with E-state index in [4.69, 9.17) is 0 Å². The highest BCUT2D eigenvalue weighted by Gasteiger charge is 2.32. The van der Waals surface area contributed by atoms with Crippen molar-refractivity contribution in [1.82, 2.24) is 9.78 Å². The fraction of sp³-hybridized carbons (Fsp3) is 0.412. The van der Waals surface area contributed by atoms with Crippen LogP contribution in [0.2, 0.25) is 0 Å². The van der Waals surface area contributed by atoms with E-state index in [9.17, 15) is 17.7 Å². The largest absolute Gasteiger partial charge is 0.591 e. The molecule has 0 saturated carbocycles. The third-order valence-corrected chi connectivity index (χ3v) is 4.82. The lowest BCUT2D eigenvalue weighted by atomic mass is 10.0. The Morgan fingerprint density at radius 3 is 2.16 bits per heavy atom. The van der Waals surface area contributed by atoms with E-state index < -0.39 is 27.8 Å². The van der Waals surface area contributed by atoms with Crippen molar-refractivity contribution in [2.75, 3.05) is 0 Å². The van der Waals surface area contributed by atoms with Gasteiger partial charge in [-0.25, -0.2) is 4.68 Å². The molecule has 25 heavy (non-hydrogen) atoms. The Labute approximate surface area is 148 Å². The summed E-state index contributed by atoms with van der Waals surface area (Å²) in [5.74, 6) is 0. The number of hydrogen-bond acceptors (Lipinski definition) is 3. The van der Waals surface area contributed by atoms with Gasteiger partial charge in [-0.1, -0.05) is 4.40 Å². The second-order valence-electron chi connectivity index (χ2n) is 6.77. The zero-order valence-corrected chi connectivity index (χ0v) is 15.5. The van der Waals surface area contributed by atoms with Gasteiger partial charge in [-0.15, -0.1) is 0 Å². The Hall–Kier alpha value is -1.80. The van der Waals surface area contributed by atoms with Crippen LogP contribution in [0.25, 0.3) is 5.69 Å². The number of hydrogen-bond donors (Lipinski definition) is 0. The number of benzene rings is 1. The van der Waals surface area contributed by atoms with Crippen molar-refractivity contribution in [2.45, 2.75) is 45.5 Å². The van der Waals surface area contributed by atoms with Gasteiger partial charge in [-0.2, -0.15) is 18.3 Å². The average molecular weight is 371 g/mol. The van der Waals surface area contributed by atoms with E-state index in [2.05, 4.69) is 9.50 Å². The molecule has 0 amide bonds. The van der Waals surface area contributed by atoms with Crippen LogP contribution in [0.15, 0.2) is 28.9 Å². The molecule has 2 rings (SSSR count). The van der Waals surface area contributed by atoms with Gasteiger partial charge in [0.1, 0.15) is 16.1 Å². The van der Waals surface area contributed by atoms with Crippen LogP contribution < -0.4 is 0 Å². The molecule has 1 atom stereocenters. The van der Waals surface area contributed by atoms with E-state index in [-0.39, 0.29) is 0 Å². The van der Waals surface area contributed by atoms with Crippen molar-refractivity contribution in [1.29, 1.82) is 0 Å². The number of aryl methyl sites for hydroxylation is 2. The van der Waals surface area contributed by atoms with Crippen molar-refractivity contribution < 1.29 is 17.7 Å². The third kappa shape index (κ3) is 4.64. The predicted molar refractivity (Wildman–Crippen MR) is 93.5 cm³/mol. The van der Waals surface area contributed by atoms with Crippen LogP contribution in [0, 0.1) is 13.8 Å². The first-order valence-electron chi connectivity index (χ1n) is 7.59. The third-order valence-electron chi connectivity index (χ3n) is 3.47. The Kier molecular flexibility index (Phi) is 5.34. The van der Waals surface area contributed by atoms with Crippen LogP contribution in [-0.2, 0) is 17.5 Å². The van der Waals surface area contributed by atoms with Crippen LogP contribution in [0.5, 0.6) is 0 Å². The molecule has 0 fully saturated rings. The molecular weight excluding hydrogens is 351 g/mol. The molecule has 8 heteroatoms. The Bertz CT molecular complexity index is 768. The molecule has 0 aliphatic heterocycles. The molecule has 0 aliphatic carbocycles. The summed E-state index contributed by atoms with van der Waals surface area (Å²) < 4.78 is 55.1. The van der Waals surface area contributed by atoms with Crippen molar-refractivity contribution >= 4 is 17.6 Å². The molecule has 4 nitrogen and oxygen atoms in total. The summed E-state index contributed by atoms with van der Waals surface area (Å²) in [6, 6.07) is 3.56. The molecule has 2 aromatic rings. The summed E-state index contributed by atoms with van der Waals surface area (Å²) in [4.78, 5) is 0. The maximum absolute atomic E-state index is 12.8. The fourth-order valence-corrected chi connectivity index (χ4v) is 2.82. The normalized spacial score (nSPS) is 14.3. The van der Waals surface area contributed by atoms with Crippen molar-refractivity contribution in [3.05, 3.63) is 46.8 Å². The molecule has 136 valence electrons. The standard InChI is InChI=1S/C17H20F3N3OS/c1-11-6-13(8-22-25(24)16(3,4)5)7-12(2)15(11)23-10-14(9-21-23)17(18,19)20/h6-10H,1-5H3/b22-8+. The zero-order valence-electron chi connectivity index (χ0n) is 14.7. The van der Waals surface area contributed by atoms with Crippen LogP contribution in [-0.4, -0.2) is 25.3 Å². The van der Waals surface area contributed by atoms with Crippen LogP contribution in [0.1, 0.15) is 43.0 Å². The van der Waals surface area contributed by atoms with Gasteiger partial charge in [0.25, 0.3) is 0 Å². The molecule has 0 bridgehead atoms. The molecule has 0 spiro atoms. The molecule has 1 aromatic carbocycles.